The van der Waals surface area contributed by atoms with Crippen LogP contribution in [0.1, 0.15) is 30.6 Å². The van der Waals surface area contributed by atoms with E-state index in [-0.39, 0.29) is 11.6 Å². The van der Waals surface area contributed by atoms with Crippen LogP contribution in [0.3, 0.4) is 0 Å². The first kappa shape index (κ1) is 15.4. The second-order valence-corrected chi connectivity index (χ2v) is 5.56. The lowest BCUT2D eigenvalue weighted by atomic mass is 10.1. The van der Waals surface area contributed by atoms with E-state index in [9.17, 15) is 14.9 Å². The third-order valence-electron chi connectivity index (χ3n) is 4.33. The summed E-state index contributed by atoms with van der Waals surface area (Å²) in [6, 6.07) is 6.46. The molecule has 0 aliphatic carbocycles. The summed E-state index contributed by atoms with van der Waals surface area (Å²) in [5.74, 6) is -0.0342. The summed E-state index contributed by atoms with van der Waals surface area (Å²) in [6.07, 6.45) is 1.14. The van der Waals surface area contributed by atoms with Crippen molar-refractivity contribution in [3.8, 4) is 0 Å². The maximum absolute atomic E-state index is 12.4. The molecule has 1 atom stereocenters. The molecular weight excluding hydrogens is 270 g/mol. The maximum atomic E-state index is 12.4. The molecule has 1 aromatic carbocycles. The van der Waals surface area contributed by atoms with Gasteiger partial charge in [-0.1, -0.05) is 6.92 Å². The van der Waals surface area contributed by atoms with Crippen LogP contribution in [0.15, 0.2) is 24.3 Å². The molecular formula is C15H22N3O3+. The van der Waals surface area contributed by atoms with E-state index >= 15 is 0 Å². The highest BCUT2D eigenvalue weighted by Gasteiger charge is 2.26. The first-order chi connectivity index (χ1) is 10.0. The number of nitro benzene ring substituents is 1. The van der Waals surface area contributed by atoms with Crippen LogP contribution >= 0.6 is 0 Å². The van der Waals surface area contributed by atoms with Gasteiger partial charge in [0.15, 0.2) is 0 Å². The van der Waals surface area contributed by atoms with E-state index < -0.39 is 4.92 Å². The summed E-state index contributed by atoms with van der Waals surface area (Å²) < 4.78 is 0. The third-order valence-corrected chi connectivity index (χ3v) is 4.33. The van der Waals surface area contributed by atoms with Crippen molar-refractivity contribution in [3.05, 3.63) is 39.9 Å². The Kier molecular flexibility index (Phi) is 4.90. The molecule has 0 radical (unpaired) electrons. The van der Waals surface area contributed by atoms with Gasteiger partial charge in [-0.2, -0.15) is 0 Å². The van der Waals surface area contributed by atoms with Crippen molar-refractivity contribution in [2.24, 2.45) is 0 Å². The Morgan fingerprint density at radius 3 is 2.38 bits per heavy atom. The van der Waals surface area contributed by atoms with Crippen LogP contribution in [0.5, 0.6) is 0 Å². The van der Waals surface area contributed by atoms with Gasteiger partial charge in [-0.15, -0.1) is 0 Å². The van der Waals surface area contributed by atoms with Crippen molar-refractivity contribution in [1.82, 2.24) is 4.90 Å². The normalized spacial score (nSPS) is 17.5. The summed E-state index contributed by atoms with van der Waals surface area (Å²) in [6.45, 7) is 7.85. The Balaban J connectivity index is 1.97. The topological polar surface area (TPSA) is 67.9 Å². The van der Waals surface area contributed by atoms with Gasteiger partial charge in [0, 0.05) is 17.7 Å². The van der Waals surface area contributed by atoms with E-state index in [0.717, 1.165) is 32.6 Å². The number of amides is 1. The average Bonchev–Trinajstić information content (AvgIpc) is 2.53. The van der Waals surface area contributed by atoms with E-state index in [1.807, 2.05) is 4.90 Å². The summed E-state index contributed by atoms with van der Waals surface area (Å²) in [5, 5.41) is 10.6. The molecule has 0 unspecified atom stereocenters. The fraction of sp³-hybridized carbons (Fsp3) is 0.533. The van der Waals surface area contributed by atoms with Crippen molar-refractivity contribution in [1.29, 1.82) is 0 Å². The highest BCUT2D eigenvalue weighted by molar-refractivity contribution is 5.94. The van der Waals surface area contributed by atoms with Gasteiger partial charge in [0.05, 0.1) is 37.1 Å². The summed E-state index contributed by atoms with van der Waals surface area (Å²) in [4.78, 5) is 25.9. The summed E-state index contributed by atoms with van der Waals surface area (Å²) in [5.41, 5.74) is 0.533. The number of hydrogen-bond acceptors (Lipinski definition) is 3. The van der Waals surface area contributed by atoms with E-state index in [4.69, 9.17) is 0 Å². The SMILES string of the molecule is CC[C@@H](C)[NH+]1CCN(C(=O)c2ccc([N+](=O)[O-])cc2)CC1. The maximum Gasteiger partial charge on any atom is 0.269 e. The number of benzene rings is 1. The van der Waals surface area contributed by atoms with Gasteiger partial charge in [-0.3, -0.25) is 14.9 Å². The molecule has 0 bridgehead atoms. The van der Waals surface area contributed by atoms with Gasteiger partial charge in [-0.05, 0) is 25.5 Å². The predicted octanol–water partition coefficient (Wildman–Crippen LogP) is 0.734. The van der Waals surface area contributed by atoms with Gasteiger partial charge >= 0.3 is 0 Å². The van der Waals surface area contributed by atoms with Crippen LogP contribution < -0.4 is 4.90 Å². The molecule has 6 heteroatoms. The third kappa shape index (κ3) is 3.58. The minimum absolute atomic E-state index is 0.0117. The van der Waals surface area contributed by atoms with Crippen molar-refractivity contribution >= 4 is 11.6 Å². The fourth-order valence-electron chi connectivity index (χ4n) is 2.69. The lowest BCUT2D eigenvalue weighted by molar-refractivity contribution is -0.927. The minimum Gasteiger partial charge on any atom is -0.330 e. The first-order valence-corrected chi connectivity index (χ1v) is 7.41. The second-order valence-electron chi connectivity index (χ2n) is 5.56. The molecule has 1 aromatic rings. The lowest BCUT2D eigenvalue weighted by Crippen LogP contribution is -3.17. The highest BCUT2D eigenvalue weighted by atomic mass is 16.6. The number of carbonyl (C=O) groups excluding carboxylic acids is 1. The smallest absolute Gasteiger partial charge is 0.269 e. The Hall–Kier alpha value is -1.95. The Morgan fingerprint density at radius 2 is 1.90 bits per heavy atom. The molecule has 114 valence electrons. The molecule has 1 heterocycles. The molecule has 1 amide bonds. The lowest BCUT2D eigenvalue weighted by Gasteiger charge is -2.35. The fourth-order valence-corrected chi connectivity index (χ4v) is 2.69. The molecule has 2 rings (SSSR count). The Morgan fingerprint density at radius 1 is 1.33 bits per heavy atom. The van der Waals surface area contributed by atoms with Crippen molar-refractivity contribution in [3.63, 3.8) is 0 Å². The molecule has 1 fully saturated rings. The molecule has 1 aliphatic heterocycles. The zero-order valence-corrected chi connectivity index (χ0v) is 12.5. The van der Waals surface area contributed by atoms with Crippen molar-refractivity contribution in [2.45, 2.75) is 26.3 Å². The van der Waals surface area contributed by atoms with E-state index in [1.54, 1.807) is 4.90 Å². The van der Waals surface area contributed by atoms with Crippen molar-refractivity contribution in [2.75, 3.05) is 26.2 Å². The van der Waals surface area contributed by atoms with Crippen LogP contribution in [0.2, 0.25) is 0 Å². The highest BCUT2D eigenvalue weighted by Crippen LogP contribution is 2.13. The molecule has 0 saturated carbocycles. The van der Waals surface area contributed by atoms with Crippen LogP contribution in [-0.2, 0) is 0 Å². The molecule has 0 aromatic heterocycles. The molecule has 21 heavy (non-hydrogen) atoms. The number of piperazine rings is 1. The predicted molar refractivity (Wildman–Crippen MR) is 79.4 cm³/mol. The van der Waals surface area contributed by atoms with Crippen LogP contribution in [0, 0.1) is 10.1 Å². The molecule has 1 saturated heterocycles. The molecule has 6 nitrogen and oxygen atoms in total. The number of non-ortho nitro benzene ring substituents is 1. The van der Waals surface area contributed by atoms with Gasteiger partial charge in [0.1, 0.15) is 0 Å². The summed E-state index contributed by atoms with van der Waals surface area (Å²) >= 11 is 0. The molecule has 1 aliphatic rings. The zero-order valence-electron chi connectivity index (χ0n) is 12.5. The van der Waals surface area contributed by atoms with Crippen LogP contribution in [0.25, 0.3) is 0 Å². The zero-order chi connectivity index (χ0) is 15.4. The Labute approximate surface area is 124 Å². The monoisotopic (exact) mass is 292 g/mol. The number of carbonyl (C=O) groups is 1. The van der Waals surface area contributed by atoms with Crippen LogP contribution in [0.4, 0.5) is 5.69 Å². The Bertz CT molecular complexity index is 507. The number of rotatable bonds is 4. The van der Waals surface area contributed by atoms with Crippen molar-refractivity contribution < 1.29 is 14.6 Å². The molecule has 0 spiro atoms. The van der Waals surface area contributed by atoms with Gasteiger partial charge in [0.25, 0.3) is 11.6 Å². The van der Waals surface area contributed by atoms with E-state index in [2.05, 4.69) is 13.8 Å². The van der Waals surface area contributed by atoms with Crippen LogP contribution in [-0.4, -0.2) is 48.0 Å². The number of nitrogens with zero attached hydrogens (tertiary/aromatic N) is 2. The first-order valence-electron chi connectivity index (χ1n) is 7.41. The van der Waals surface area contributed by atoms with E-state index in [1.165, 1.54) is 24.3 Å². The van der Waals surface area contributed by atoms with Gasteiger partial charge < -0.3 is 9.80 Å². The number of nitrogens with one attached hydrogen (secondary N) is 1. The average molecular weight is 292 g/mol. The quantitative estimate of drug-likeness (QED) is 0.657. The van der Waals surface area contributed by atoms with Gasteiger partial charge in [0.2, 0.25) is 0 Å². The van der Waals surface area contributed by atoms with E-state index in [0.29, 0.717) is 11.6 Å². The number of hydrogen-bond donors (Lipinski definition) is 1. The standard InChI is InChI=1S/C15H21N3O3/c1-3-12(2)16-8-10-17(11-9-16)15(19)13-4-6-14(7-5-13)18(20)21/h4-7,12H,3,8-11H2,1-2H3/p+1/t12-/m1/s1. The minimum atomic E-state index is -0.456. The largest absolute Gasteiger partial charge is 0.330 e. The number of quaternary nitrogens is 1. The second kappa shape index (κ2) is 6.67. The van der Waals surface area contributed by atoms with Gasteiger partial charge in [-0.25, -0.2) is 0 Å². The molecule has 1 N–H and O–H groups in total. The summed E-state index contributed by atoms with van der Waals surface area (Å²) in [7, 11) is 0. The number of nitro groups is 1.